The summed E-state index contributed by atoms with van der Waals surface area (Å²) in [5, 5.41) is 4.31. The van der Waals surface area contributed by atoms with E-state index in [0.717, 1.165) is 16.9 Å². The second-order valence-corrected chi connectivity index (χ2v) is 3.40. The molecule has 1 amide bonds. The number of rotatable bonds is 1. The van der Waals surface area contributed by atoms with Crippen molar-refractivity contribution in [3.8, 4) is 0 Å². The average Bonchev–Trinajstić information content (AvgIpc) is 2.82. The zero-order chi connectivity index (χ0) is 10.3. The first-order chi connectivity index (χ1) is 7.33. The van der Waals surface area contributed by atoms with Crippen LogP contribution in [0.4, 0.5) is 11.4 Å². The van der Waals surface area contributed by atoms with Crippen molar-refractivity contribution in [1.82, 2.24) is 5.43 Å². The van der Waals surface area contributed by atoms with Gasteiger partial charge in [0.2, 0.25) is 5.91 Å². The van der Waals surface area contributed by atoms with Crippen molar-refractivity contribution < 1.29 is 9.63 Å². The van der Waals surface area contributed by atoms with Crippen molar-refractivity contribution in [2.75, 3.05) is 10.5 Å². The predicted molar refractivity (Wildman–Crippen MR) is 54.6 cm³/mol. The number of hydrazine groups is 1. The lowest BCUT2D eigenvalue weighted by atomic mass is 10.1. The minimum Gasteiger partial charge on any atom is -0.366 e. The van der Waals surface area contributed by atoms with E-state index in [1.54, 1.807) is 12.5 Å². The zero-order valence-corrected chi connectivity index (χ0v) is 7.86. The lowest BCUT2D eigenvalue weighted by Crippen LogP contribution is -2.27. The number of nitrogens with zero attached hydrogens (tertiary/aromatic N) is 1. The third-order valence-electron chi connectivity index (χ3n) is 2.38. The van der Waals surface area contributed by atoms with Crippen LogP contribution in [0.25, 0.3) is 0 Å². The minimum atomic E-state index is 0.0376. The number of carbonyl (C=O) groups is 1. The summed E-state index contributed by atoms with van der Waals surface area (Å²) in [5.41, 5.74) is 5.62. The van der Waals surface area contributed by atoms with Crippen molar-refractivity contribution in [3.63, 3.8) is 0 Å². The van der Waals surface area contributed by atoms with E-state index in [-0.39, 0.29) is 5.91 Å². The van der Waals surface area contributed by atoms with Gasteiger partial charge in [-0.3, -0.25) is 10.2 Å². The van der Waals surface area contributed by atoms with Gasteiger partial charge >= 0.3 is 0 Å². The van der Waals surface area contributed by atoms with Gasteiger partial charge in [-0.2, -0.15) is 0 Å². The molecule has 0 aromatic heterocycles. The van der Waals surface area contributed by atoms with Crippen LogP contribution in [0.3, 0.4) is 0 Å². The maximum atomic E-state index is 11.1. The number of nitrogens with one attached hydrogen (secondary N) is 2. The molecule has 0 aliphatic carbocycles. The molecule has 2 heterocycles. The molecule has 0 bridgehead atoms. The summed E-state index contributed by atoms with van der Waals surface area (Å²) in [7, 11) is 0. The highest BCUT2D eigenvalue weighted by molar-refractivity contribution is 5.99. The Kier molecular flexibility index (Phi) is 1.58. The van der Waals surface area contributed by atoms with E-state index in [1.165, 1.54) is 5.17 Å². The van der Waals surface area contributed by atoms with Crippen LogP contribution in [0.5, 0.6) is 0 Å². The number of hydrogen-bond donors (Lipinski definition) is 2. The molecule has 0 atom stereocenters. The molecule has 2 aliphatic rings. The fraction of sp³-hybridized carbons (Fsp3) is 0.100. The molecule has 0 saturated carbocycles. The van der Waals surface area contributed by atoms with Crippen LogP contribution in [-0.4, -0.2) is 5.91 Å². The van der Waals surface area contributed by atoms with Crippen LogP contribution in [-0.2, 0) is 16.1 Å². The van der Waals surface area contributed by atoms with E-state index in [2.05, 4.69) is 10.7 Å². The summed E-state index contributed by atoms with van der Waals surface area (Å²) in [6.07, 6.45) is 3.69. The molecule has 5 nitrogen and oxygen atoms in total. The molecule has 15 heavy (non-hydrogen) atoms. The lowest BCUT2D eigenvalue weighted by Gasteiger charge is -2.16. The largest absolute Gasteiger partial charge is 0.366 e. The molecule has 1 aromatic rings. The van der Waals surface area contributed by atoms with E-state index in [9.17, 15) is 4.79 Å². The normalized spacial score (nSPS) is 17.1. The quantitative estimate of drug-likeness (QED) is 0.712. The summed E-state index contributed by atoms with van der Waals surface area (Å²) in [5.74, 6) is 0.0376. The number of hydrogen-bond acceptors (Lipinski definition) is 4. The number of benzene rings is 1. The zero-order valence-electron chi connectivity index (χ0n) is 7.86. The summed E-state index contributed by atoms with van der Waals surface area (Å²) in [6, 6.07) is 5.70. The first-order valence-electron chi connectivity index (χ1n) is 4.64. The minimum absolute atomic E-state index is 0.0376. The van der Waals surface area contributed by atoms with Crippen LogP contribution in [0.1, 0.15) is 5.56 Å². The second-order valence-electron chi connectivity index (χ2n) is 3.40. The molecular weight excluding hydrogens is 194 g/mol. The number of fused-ring (bicyclic) bond motifs is 1. The Morgan fingerprint density at radius 3 is 3.13 bits per heavy atom. The van der Waals surface area contributed by atoms with Crippen molar-refractivity contribution in [1.29, 1.82) is 0 Å². The van der Waals surface area contributed by atoms with Gasteiger partial charge in [0.05, 0.1) is 12.6 Å². The van der Waals surface area contributed by atoms with Gasteiger partial charge < -0.3 is 10.2 Å². The highest BCUT2D eigenvalue weighted by atomic mass is 16.7. The van der Waals surface area contributed by atoms with E-state index in [1.807, 2.05) is 18.2 Å². The Morgan fingerprint density at radius 1 is 1.40 bits per heavy atom. The first kappa shape index (κ1) is 8.16. The highest BCUT2D eigenvalue weighted by Gasteiger charge is 2.19. The third-order valence-corrected chi connectivity index (χ3v) is 2.38. The molecule has 76 valence electrons. The number of carbonyl (C=O) groups excluding carboxylic acids is 1. The van der Waals surface area contributed by atoms with Crippen molar-refractivity contribution >= 4 is 17.3 Å². The molecule has 3 rings (SSSR count). The molecule has 1 aromatic carbocycles. The Bertz CT molecular complexity index is 448. The van der Waals surface area contributed by atoms with Crippen molar-refractivity contribution in [3.05, 3.63) is 36.2 Å². The van der Waals surface area contributed by atoms with Gasteiger partial charge in [-0.05, 0) is 17.7 Å². The van der Waals surface area contributed by atoms with Crippen LogP contribution in [0.15, 0.2) is 30.7 Å². The second kappa shape index (κ2) is 2.91. The predicted octanol–water partition coefficient (Wildman–Crippen LogP) is 0.909. The molecule has 0 saturated heterocycles. The molecular formula is C10H9N3O2. The molecule has 2 N–H and O–H groups in total. The highest BCUT2D eigenvalue weighted by Crippen LogP contribution is 2.28. The monoisotopic (exact) mass is 203 g/mol. The molecule has 0 spiro atoms. The fourth-order valence-corrected chi connectivity index (χ4v) is 1.68. The smallest absolute Gasteiger partial charge is 0.228 e. The van der Waals surface area contributed by atoms with Crippen LogP contribution >= 0.6 is 0 Å². The summed E-state index contributed by atoms with van der Waals surface area (Å²) in [4.78, 5) is 16.3. The van der Waals surface area contributed by atoms with Gasteiger partial charge in [-0.25, -0.2) is 0 Å². The van der Waals surface area contributed by atoms with E-state index in [4.69, 9.17) is 4.84 Å². The Balaban J connectivity index is 1.93. The van der Waals surface area contributed by atoms with Crippen LogP contribution in [0, 0.1) is 0 Å². The molecule has 0 fully saturated rings. The van der Waals surface area contributed by atoms with Gasteiger partial charge in [0.15, 0.2) is 0 Å². The Morgan fingerprint density at radius 2 is 2.33 bits per heavy atom. The maximum absolute atomic E-state index is 11.1. The van der Waals surface area contributed by atoms with Gasteiger partial charge in [0.1, 0.15) is 11.9 Å². The molecule has 0 unspecified atom stereocenters. The van der Waals surface area contributed by atoms with Gasteiger partial charge in [-0.15, -0.1) is 5.17 Å². The average molecular weight is 203 g/mol. The SMILES string of the molecule is O=C1Cc2ccc(N3NC=CO3)cc2N1. The lowest BCUT2D eigenvalue weighted by molar-refractivity contribution is -0.115. The molecule has 5 heteroatoms. The third kappa shape index (κ3) is 1.28. The van der Waals surface area contributed by atoms with E-state index in [0.29, 0.717) is 6.42 Å². The van der Waals surface area contributed by atoms with Gasteiger partial charge in [0.25, 0.3) is 0 Å². The van der Waals surface area contributed by atoms with Crippen LogP contribution < -0.4 is 15.9 Å². The molecule has 2 aliphatic heterocycles. The van der Waals surface area contributed by atoms with E-state index >= 15 is 0 Å². The summed E-state index contributed by atoms with van der Waals surface area (Å²) < 4.78 is 0. The van der Waals surface area contributed by atoms with Crippen LogP contribution in [0.2, 0.25) is 0 Å². The Hall–Kier alpha value is -2.17. The first-order valence-corrected chi connectivity index (χ1v) is 4.64. The standard InChI is InChI=1S/C10H9N3O2/c14-10-5-7-1-2-8(6-9(7)12-10)13-11-3-4-15-13/h1-4,6,11H,5H2,(H,12,14). The van der Waals surface area contributed by atoms with Crippen molar-refractivity contribution in [2.45, 2.75) is 6.42 Å². The maximum Gasteiger partial charge on any atom is 0.228 e. The Labute approximate surface area is 86.2 Å². The summed E-state index contributed by atoms with van der Waals surface area (Å²) in [6.45, 7) is 0. The van der Waals surface area contributed by atoms with E-state index < -0.39 is 0 Å². The van der Waals surface area contributed by atoms with Gasteiger partial charge in [-0.1, -0.05) is 6.07 Å². The fourth-order valence-electron chi connectivity index (χ4n) is 1.68. The number of anilines is 2. The number of amides is 1. The topological polar surface area (TPSA) is 53.6 Å². The summed E-state index contributed by atoms with van der Waals surface area (Å²) >= 11 is 0. The van der Waals surface area contributed by atoms with Gasteiger partial charge in [0, 0.05) is 5.69 Å². The van der Waals surface area contributed by atoms with Crippen molar-refractivity contribution in [2.24, 2.45) is 0 Å². The molecule has 0 radical (unpaired) electrons.